The van der Waals surface area contributed by atoms with Crippen molar-refractivity contribution in [3.8, 4) is 0 Å². The van der Waals surface area contributed by atoms with Crippen molar-refractivity contribution in [1.82, 2.24) is 5.43 Å². The molecule has 7 heavy (non-hydrogen) atoms. The number of halogens is 1. The molecule has 0 heterocycles. The highest BCUT2D eigenvalue weighted by Gasteiger charge is 1.86. The molecule has 40 valence electrons. The Kier molecular flexibility index (Phi) is 3.17. The molecular weight excluding hydrogens is 119 g/mol. The Hall–Kier alpha value is -0.680. The molecule has 0 aromatic rings. The first kappa shape index (κ1) is 6.32. The molecule has 0 bridgehead atoms. The van der Waals surface area contributed by atoms with E-state index >= 15 is 0 Å². The quantitative estimate of drug-likeness (QED) is 0.208. The predicted octanol–water partition coefficient (Wildman–Crippen LogP) is 0.176. The van der Waals surface area contributed by atoms with Crippen molar-refractivity contribution >= 4 is 17.8 Å². The Morgan fingerprint density at radius 2 is 2.43 bits per heavy atom. The zero-order valence-electron chi connectivity index (χ0n) is 3.26. The molecular formula is CH3ClN4O. The predicted molar refractivity (Wildman–Crippen MR) is 23.4 cm³/mol. The Bertz CT molecular complexity index is 89.7. The lowest BCUT2D eigenvalue weighted by molar-refractivity contribution is 0.248. The molecule has 0 aromatic heterocycles. The first-order valence-corrected chi connectivity index (χ1v) is 1.67. The molecule has 0 spiro atoms. The summed E-state index contributed by atoms with van der Waals surface area (Å²) in [5.74, 6) is 4.55. The zero-order chi connectivity index (χ0) is 5.70. The second-order valence-corrected chi connectivity index (χ2v) is 0.776. The highest BCUT2D eigenvalue weighted by Crippen LogP contribution is 1.78. The average Bonchev–Trinajstić information content (AvgIpc) is 1.68. The number of hydrogen-bond donors (Lipinski definition) is 2. The number of carbonyl (C=O) groups is 1. The van der Waals surface area contributed by atoms with Gasteiger partial charge in [0.15, 0.2) is 0 Å². The Morgan fingerprint density at radius 3 is 2.57 bits per heavy atom. The van der Waals surface area contributed by atoms with Crippen molar-refractivity contribution < 1.29 is 4.79 Å². The summed E-state index contributed by atoms with van der Waals surface area (Å²) in [4.78, 5) is 9.83. The van der Waals surface area contributed by atoms with Crippen LogP contribution in [-0.2, 0) is 0 Å². The SMILES string of the molecule is NNC(=O)N=NCl. The molecule has 0 aliphatic carbocycles. The number of amides is 2. The van der Waals surface area contributed by atoms with Crippen molar-refractivity contribution in [1.29, 1.82) is 0 Å². The van der Waals surface area contributed by atoms with Crippen molar-refractivity contribution in [3.05, 3.63) is 0 Å². The van der Waals surface area contributed by atoms with Gasteiger partial charge in [-0.05, 0) is 0 Å². The average molecular weight is 123 g/mol. The molecule has 0 rings (SSSR count). The van der Waals surface area contributed by atoms with Gasteiger partial charge in [0.1, 0.15) is 0 Å². The Morgan fingerprint density at radius 1 is 1.86 bits per heavy atom. The van der Waals surface area contributed by atoms with Gasteiger partial charge in [0.05, 0.1) is 11.8 Å². The van der Waals surface area contributed by atoms with E-state index in [1.165, 1.54) is 0 Å². The van der Waals surface area contributed by atoms with Crippen LogP contribution in [0.1, 0.15) is 0 Å². The van der Waals surface area contributed by atoms with E-state index < -0.39 is 6.03 Å². The highest BCUT2D eigenvalue weighted by molar-refractivity contribution is 6.14. The van der Waals surface area contributed by atoms with Gasteiger partial charge in [0.25, 0.3) is 0 Å². The molecule has 0 saturated heterocycles. The molecule has 2 amide bonds. The molecule has 0 fully saturated rings. The molecule has 0 saturated carbocycles. The minimum absolute atomic E-state index is 0.769. The number of hydrogen-bond acceptors (Lipinski definition) is 3. The van der Waals surface area contributed by atoms with E-state index in [2.05, 4.69) is 27.4 Å². The summed E-state index contributed by atoms with van der Waals surface area (Å²) in [6, 6.07) is -0.769. The maximum absolute atomic E-state index is 9.83. The van der Waals surface area contributed by atoms with E-state index in [0.29, 0.717) is 0 Å². The lowest BCUT2D eigenvalue weighted by Gasteiger charge is -1.81. The minimum atomic E-state index is -0.769. The fourth-order valence-corrected chi connectivity index (χ4v) is 0.132. The van der Waals surface area contributed by atoms with Crippen molar-refractivity contribution in [2.45, 2.75) is 0 Å². The zero-order valence-corrected chi connectivity index (χ0v) is 4.01. The fourth-order valence-electron chi connectivity index (χ4n) is 0.0632. The topological polar surface area (TPSA) is 79.8 Å². The van der Waals surface area contributed by atoms with Gasteiger partial charge < -0.3 is 0 Å². The molecule has 0 atom stereocenters. The second-order valence-electron chi connectivity index (χ2n) is 0.625. The van der Waals surface area contributed by atoms with E-state index in [0.717, 1.165) is 0 Å². The van der Waals surface area contributed by atoms with Crippen LogP contribution in [-0.4, -0.2) is 6.03 Å². The van der Waals surface area contributed by atoms with Gasteiger partial charge in [-0.15, -0.1) is 0 Å². The van der Waals surface area contributed by atoms with E-state index in [-0.39, 0.29) is 0 Å². The molecule has 6 heteroatoms. The number of urea groups is 1. The van der Waals surface area contributed by atoms with Crippen LogP contribution in [0.3, 0.4) is 0 Å². The van der Waals surface area contributed by atoms with Gasteiger partial charge in [-0.1, -0.05) is 9.75 Å². The standard InChI is InChI=1S/CH3ClN4O/c2-6-5-1(7)4-3/h3H2,(H,4,7). The molecule has 0 aliphatic heterocycles. The minimum Gasteiger partial charge on any atom is -0.273 e. The fraction of sp³-hybridized carbons (Fsp3) is 0. The number of nitrogens with one attached hydrogen (secondary N) is 1. The summed E-state index contributed by atoms with van der Waals surface area (Å²) < 4.78 is 2.61. The third kappa shape index (κ3) is 3.14. The summed E-state index contributed by atoms with van der Waals surface area (Å²) >= 11 is 4.62. The molecule has 0 aromatic carbocycles. The molecule has 0 unspecified atom stereocenters. The summed E-state index contributed by atoms with van der Waals surface area (Å²) in [5.41, 5.74) is 1.68. The van der Waals surface area contributed by atoms with Crippen LogP contribution in [0.2, 0.25) is 0 Å². The maximum Gasteiger partial charge on any atom is 0.374 e. The van der Waals surface area contributed by atoms with Crippen LogP contribution in [0, 0.1) is 0 Å². The maximum atomic E-state index is 9.83. The van der Waals surface area contributed by atoms with Crippen LogP contribution in [0.4, 0.5) is 4.79 Å². The molecule has 5 nitrogen and oxygen atoms in total. The van der Waals surface area contributed by atoms with Crippen LogP contribution in [0.5, 0.6) is 0 Å². The second kappa shape index (κ2) is 3.51. The summed E-state index contributed by atoms with van der Waals surface area (Å²) in [5, 5.41) is 2.76. The number of hydrazine groups is 1. The van der Waals surface area contributed by atoms with Crippen molar-refractivity contribution in [3.63, 3.8) is 0 Å². The molecule has 0 aliphatic rings. The number of rotatable bonds is 0. The van der Waals surface area contributed by atoms with E-state index in [9.17, 15) is 4.79 Å². The van der Waals surface area contributed by atoms with Gasteiger partial charge in [-0.3, -0.25) is 5.43 Å². The normalized spacial score (nSPS) is 9.43. The van der Waals surface area contributed by atoms with E-state index in [4.69, 9.17) is 0 Å². The van der Waals surface area contributed by atoms with Crippen LogP contribution < -0.4 is 11.3 Å². The monoisotopic (exact) mass is 122 g/mol. The van der Waals surface area contributed by atoms with Gasteiger partial charge in [0.2, 0.25) is 0 Å². The van der Waals surface area contributed by atoms with Crippen molar-refractivity contribution in [2.75, 3.05) is 0 Å². The first-order valence-electron chi connectivity index (χ1n) is 1.34. The molecule has 0 radical (unpaired) electrons. The number of carbonyl (C=O) groups excluding carboxylic acids is 1. The third-order valence-corrected chi connectivity index (χ3v) is 0.328. The lowest BCUT2D eigenvalue weighted by Crippen LogP contribution is -2.26. The Labute approximate surface area is 44.6 Å². The highest BCUT2D eigenvalue weighted by atomic mass is 35.5. The Balaban J connectivity index is 3.37. The third-order valence-electron chi connectivity index (χ3n) is 0.252. The first-order chi connectivity index (χ1) is 3.31. The lowest BCUT2D eigenvalue weighted by atomic mass is 11.1. The van der Waals surface area contributed by atoms with Gasteiger partial charge in [0, 0.05) is 0 Å². The van der Waals surface area contributed by atoms with E-state index in [1.54, 1.807) is 5.43 Å². The van der Waals surface area contributed by atoms with Crippen molar-refractivity contribution in [2.24, 2.45) is 15.6 Å². The summed E-state index contributed by atoms with van der Waals surface area (Å²) in [7, 11) is 0. The van der Waals surface area contributed by atoms with Gasteiger partial charge >= 0.3 is 6.03 Å². The summed E-state index contributed by atoms with van der Waals surface area (Å²) in [6.07, 6.45) is 0. The number of nitrogens with zero attached hydrogens (tertiary/aromatic N) is 2. The van der Waals surface area contributed by atoms with Crippen LogP contribution in [0.25, 0.3) is 0 Å². The van der Waals surface area contributed by atoms with Gasteiger partial charge in [-0.2, -0.15) is 0 Å². The smallest absolute Gasteiger partial charge is 0.273 e. The van der Waals surface area contributed by atoms with Crippen LogP contribution >= 0.6 is 11.8 Å². The number of nitrogens with two attached hydrogens (primary N) is 1. The van der Waals surface area contributed by atoms with Crippen LogP contribution in [0.15, 0.2) is 9.75 Å². The largest absolute Gasteiger partial charge is 0.374 e. The van der Waals surface area contributed by atoms with E-state index in [1.807, 2.05) is 0 Å². The molecule has 3 N–H and O–H groups in total. The van der Waals surface area contributed by atoms with Gasteiger partial charge in [-0.25, -0.2) is 10.6 Å². The summed E-state index contributed by atoms with van der Waals surface area (Å²) in [6.45, 7) is 0.